The molecule has 4 nitrogen and oxygen atoms in total. The van der Waals surface area contributed by atoms with Crippen LogP contribution in [-0.4, -0.2) is 35.8 Å². The van der Waals surface area contributed by atoms with Gasteiger partial charge in [-0.05, 0) is 25.7 Å². The van der Waals surface area contributed by atoms with E-state index >= 15 is 0 Å². The van der Waals surface area contributed by atoms with Crippen LogP contribution in [0.25, 0.3) is 0 Å². The third kappa shape index (κ3) is 4.23. The molecule has 1 aliphatic heterocycles. The van der Waals surface area contributed by atoms with Gasteiger partial charge in [0.05, 0.1) is 0 Å². The maximum atomic E-state index is 11.7. The summed E-state index contributed by atoms with van der Waals surface area (Å²) in [6.45, 7) is 3.44. The first-order valence-corrected chi connectivity index (χ1v) is 6.98. The van der Waals surface area contributed by atoms with Crippen molar-refractivity contribution in [2.45, 2.75) is 38.6 Å². The number of rotatable bonds is 5. The van der Waals surface area contributed by atoms with E-state index in [4.69, 9.17) is 16.9 Å². The molecule has 1 amide bonds. The van der Waals surface area contributed by atoms with Crippen LogP contribution in [0.15, 0.2) is 11.8 Å². The van der Waals surface area contributed by atoms with Crippen molar-refractivity contribution >= 4 is 17.5 Å². The lowest BCUT2D eigenvalue weighted by atomic mass is 10.0. The first-order valence-electron chi connectivity index (χ1n) is 6.44. The van der Waals surface area contributed by atoms with E-state index in [1.165, 1.54) is 6.42 Å². The number of hydrogen-bond acceptors (Lipinski definition) is 3. The van der Waals surface area contributed by atoms with E-state index in [2.05, 4.69) is 17.1 Å². The number of nitrogens with zero attached hydrogens (tertiary/aromatic N) is 2. The number of nitriles is 1. The third-order valence-corrected chi connectivity index (χ3v) is 3.37. The first-order chi connectivity index (χ1) is 8.72. The van der Waals surface area contributed by atoms with Gasteiger partial charge in [0.2, 0.25) is 0 Å². The molecule has 1 saturated heterocycles. The molecule has 18 heavy (non-hydrogen) atoms. The summed E-state index contributed by atoms with van der Waals surface area (Å²) in [6.07, 6.45) is 6.22. The van der Waals surface area contributed by atoms with Crippen LogP contribution >= 0.6 is 11.6 Å². The molecule has 1 rings (SSSR count). The molecule has 5 heteroatoms. The minimum absolute atomic E-state index is 0.167. The molecule has 0 saturated carbocycles. The van der Waals surface area contributed by atoms with E-state index in [9.17, 15) is 4.79 Å². The van der Waals surface area contributed by atoms with E-state index < -0.39 is 0 Å². The van der Waals surface area contributed by atoms with Crippen molar-refractivity contribution in [3.8, 4) is 6.07 Å². The lowest BCUT2D eigenvalue weighted by Crippen LogP contribution is -2.36. The minimum atomic E-state index is -0.335. The number of piperidine rings is 1. The second kappa shape index (κ2) is 7.99. The van der Waals surface area contributed by atoms with E-state index in [0.29, 0.717) is 18.5 Å². The molecule has 100 valence electrons. The van der Waals surface area contributed by atoms with Crippen molar-refractivity contribution in [2.24, 2.45) is 0 Å². The van der Waals surface area contributed by atoms with Crippen molar-refractivity contribution in [2.75, 3.05) is 19.0 Å². The molecular formula is C13H20ClN3O. The molecule has 1 heterocycles. The highest BCUT2D eigenvalue weighted by Crippen LogP contribution is 2.20. The SMILES string of the molecule is CCC1CCCCN1/C=C(/C#N)C(=O)NCCCl. The minimum Gasteiger partial charge on any atom is -0.373 e. The molecule has 1 unspecified atom stereocenters. The summed E-state index contributed by atoms with van der Waals surface area (Å²) in [5.74, 6) is 0.0183. The summed E-state index contributed by atoms with van der Waals surface area (Å²) in [6, 6.07) is 2.41. The van der Waals surface area contributed by atoms with Crippen molar-refractivity contribution in [1.29, 1.82) is 5.26 Å². The van der Waals surface area contributed by atoms with Crippen LogP contribution in [0.5, 0.6) is 0 Å². The Kier molecular flexibility index (Phi) is 6.59. The second-order valence-corrected chi connectivity index (χ2v) is 4.77. The highest BCUT2D eigenvalue weighted by molar-refractivity contribution is 6.18. The number of likely N-dealkylation sites (tertiary alicyclic amines) is 1. The fourth-order valence-electron chi connectivity index (χ4n) is 2.19. The normalized spacial score (nSPS) is 20.4. The van der Waals surface area contributed by atoms with Crippen LogP contribution in [0.1, 0.15) is 32.6 Å². The van der Waals surface area contributed by atoms with Gasteiger partial charge >= 0.3 is 0 Å². The summed E-state index contributed by atoms with van der Waals surface area (Å²) in [5, 5.41) is 11.7. The third-order valence-electron chi connectivity index (χ3n) is 3.18. The number of halogens is 1. The highest BCUT2D eigenvalue weighted by atomic mass is 35.5. The molecule has 0 bridgehead atoms. The summed E-state index contributed by atoms with van der Waals surface area (Å²) in [7, 11) is 0. The molecule has 0 aromatic rings. The molecule has 0 aromatic heterocycles. The smallest absolute Gasteiger partial charge is 0.263 e. The van der Waals surface area contributed by atoms with Crippen LogP contribution in [0.2, 0.25) is 0 Å². The van der Waals surface area contributed by atoms with E-state index in [1.807, 2.05) is 6.07 Å². The van der Waals surface area contributed by atoms with Gasteiger partial charge in [-0.2, -0.15) is 5.26 Å². The zero-order valence-electron chi connectivity index (χ0n) is 10.8. The molecule has 0 aliphatic carbocycles. The number of nitrogens with one attached hydrogen (secondary N) is 1. The van der Waals surface area contributed by atoms with Gasteiger partial charge in [0, 0.05) is 31.2 Å². The largest absolute Gasteiger partial charge is 0.373 e. The fraction of sp³-hybridized carbons (Fsp3) is 0.692. The quantitative estimate of drug-likeness (QED) is 0.472. The summed E-state index contributed by atoms with van der Waals surface area (Å²) < 4.78 is 0. The first kappa shape index (κ1) is 14.8. The number of carbonyl (C=O) groups excluding carboxylic acids is 1. The Morgan fingerprint density at radius 2 is 2.39 bits per heavy atom. The fourth-order valence-corrected chi connectivity index (χ4v) is 2.29. The molecule has 1 aliphatic rings. The Morgan fingerprint density at radius 3 is 3.00 bits per heavy atom. The van der Waals surface area contributed by atoms with E-state index in [1.54, 1.807) is 6.20 Å². The number of amides is 1. The molecule has 1 N–H and O–H groups in total. The topological polar surface area (TPSA) is 56.1 Å². The molecule has 0 spiro atoms. The molecule has 1 atom stereocenters. The van der Waals surface area contributed by atoms with Crippen LogP contribution in [0.4, 0.5) is 0 Å². The Balaban J connectivity index is 2.70. The van der Waals surface area contributed by atoms with Crippen molar-refractivity contribution < 1.29 is 4.79 Å². The van der Waals surface area contributed by atoms with Gasteiger partial charge in [-0.1, -0.05) is 6.92 Å². The molecule has 1 fully saturated rings. The van der Waals surface area contributed by atoms with E-state index in [-0.39, 0.29) is 11.5 Å². The van der Waals surface area contributed by atoms with Crippen LogP contribution in [-0.2, 0) is 4.79 Å². The van der Waals surface area contributed by atoms with Gasteiger partial charge in [0.25, 0.3) is 5.91 Å². The van der Waals surface area contributed by atoms with Gasteiger partial charge in [0.1, 0.15) is 11.6 Å². The van der Waals surface area contributed by atoms with Crippen molar-refractivity contribution in [1.82, 2.24) is 10.2 Å². The Bertz CT molecular complexity index is 349. The van der Waals surface area contributed by atoms with Crippen LogP contribution in [0, 0.1) is 11.3 Å². The number of hydrogen-bond donors (Lipinski definition) is 1. The zero-order chi connectivity index (χ0) is 13.4. The van der Waals surface area contributed by atoms with E-state index in [0.717, 1.165) is 25.8 Å². The monoisotopic (exact) mass is 269 g/mol. The van der Waals surface area contributed by atoms with Gasteiger partial charge in [-0.25, -0.2) is 0 Å². The molecule has 0 radical (unpaired) electrons. The Labute approximate surface area is 114 Å². The van der Waals surface area contributed by atoms with Crippen LogP contribution < -0.4 is 5.32 Å². The number of carbonyl (C=O) groups is 1. The Morgan fingerprint density at radius 1 is 1.61 bits per heavy atom. The number of alkyl halides is 1. The average molecular weight is 270 g/mol. The Hall–Kier alpha value is -1.21. The maximum Gasteiger partial charge on any atom is 0.263 e. The summed E-state index contributed by atoms with van der Waals surface area (Å²) in [4.78, 5) is 13.8. The van der Waals surface area contributed by atoms with Gasteiger partial charge in [-0.3, -0.25) is 4.79 Å². The predicted octanol–water partition coefficient (Wildman–Crippen LogP) is 2.01. The molecular weight excluding hydrogens is 250 g/mol. The predicted molar refractivity (Wildman–Crippen MR) is 72.1 cm³/mol. The van der Waals surface area contributed by atoms with Crippen molar-refractivity contribution in [3.63, 3.8) is 0 Å². The lowest BCUT2D eigenvalue weighted by molar-refractivity contribution is -0.117. The van der Waals surface area contributed by atoms with Gasteiger partial charge < -0.3 is 10.2 Å². The van der Waals surface area contributed by atoms with Gasteiger partial charge in [-0.15, -0.1) is 11.6 Å². The summed E-state index contributed by atoms with van der Waals surface area (Å²) in [5.41, 5.74) is 0.167. The van der Waals surface area contributed by atoms with Crippen molar-refractivity contribution in [3.05, 3.63) is 11.8 Å². The van der Waals surface area contributed by atoms with Gasteiger partial charge in [0.15, 0.2) is 0 Å². The highest BCUT2D eigenvalue weighted by Gasteiger charge is 2.20. The lowest BCUT2D eigenvalue weighted by Gasteiger charge is -2.34. The average Bonchev–Trinajstić information content (AvgIpc) is 2.42. The maximum absolute atomic E-state index is 11.7. The second-order valence-electron chi connectivity index (χ2n) is 4.40. The summed E-state index contributed by atoms with van der Waals surface area (Å²) >= 11 is 5.50. The molecule has 0 aromatic carbocycles. The standard InChI is InChI=1S/C13H20ClN3O/c1-2-12-5-3-4-8-17(12)10-11(9-15)13(18)16-7-6-14/h10,12H,2-8H2,1H3,(H,16,18)/b11-10-. The van der Waals surface area contributed by atoms with Crippen LogP contribution in [0.3, 0.4) is 0 Å². The zero-order valence-corrected chi connectivity index (χ0v) is 11.5.